The van der Waals surface area contributed by atoms with Crippen LogP contribution in [0.5, 0.6) is 0 Å². The summed E-state index contributed by atoms with van der Waals surface area (Å²) in [5.41, 5.74) is 5.57. The third kappa shape index (κ3) is 3.60. The molecule has 0 bridgehead atoms. The van der Waals surface area contributed by atoms with Crippen molar-refractivity contribution in [3.8, 4) is 0 Å². The van der Waals surface area contributed by atoms with Crippen LogP contribution >= 0.6 is 0 Å². The lowest BCUT2D eigenvalue weighted by molar-refractivity contribution is 0.314. The summed E-state index contributed by atoms with van der Waals surface area (Å²) in [6.07, 6.45) is 4.44. The third-order valence-corrected chi connectivity index (χ3v) is 1.13. The number of hydrogen-bond donors (Lipinski definition) is 3. The van der Waals surface area contributed by atoms with Gasteiger partial charge in [-0.25, -0.2) is 0 Å². The number of rotatable bonds is 4. The molecule has 0 aliphatic carbocycles. The first-order valence-corrected chi connectivity index (χ1v) is 3.28. The first-order chi connectivity index (χ1) is 5.26. The Hall–Kier alpha value is -1.06. The van der Waals surface area contributed by atoms with Crippen LogP contribution in [0.15, 0.2) is 36.1 Å². The number of hydrogen-bond acceptors (Lipinski definition) is 3. The molecule has 0 aromatic heterocycles. The molecule has 0 atom stereocenters. The fraction of sp³-hybridized carbons (Fsp3) is 0.250. The average Bonchev–Trinajstić information content (AvgIpc) is 2.00. The number of aliphatic hydroxyl groups is 2. The number of nitrogens with two attached hydrogens (primary N) is 1. The maximum atomic E-state index is 9.15. The van der Waals surface area contributed by atoms with Gasteiger partial charge in [0.15, 0.2) is 0 Å². The van der Waals surface area contributed by atoms with Crippen LogP contribution in [-0.2, 0) is 0 Å². The molecule has 0 aliphatic rings. The molecule has 3 heteroatoms. The Morgan fingerprint density at radius 1 is 1.55 bits per heavy atom. The minimum Gasteiger partial charge on any atom is -0.508 e. The predicted octanol–water partition coefficient (Wildman–Crippen LogP) is 0.492. The Labute approximate surface area is 66.2 Å². The van der Waals surface area contributed by atoms with Crippen LogP contribution in [0, 0.1) is 0 Å². The molecule has 3 nitrogen and oxygen atoms in total. The van der Waals surface area contributed by atoms with Gasteiger partial charge in [-0.2, -0.15) is 0 Å². The second-order valence-electron chi connectivity index (χ2n) is 1.91. The zero-order valence-corrected chi connectivity index (χ0v) is 6.33. The lowest BCUT2D eigenvalue weighted by atomic mass is 10.2. The van der Waals surface area contributed by atoms with E-state index in [0.29, 0.717) is 5.57 Å². The van der Waals surface area contributed by atoms with Gasteiger partial charge in [0.1, 0.15) is 5.76 Å². The van der Waals surface area contributed by atoms with Crippen molar-refractivity contribution in [1.29, 1.82) is 0 Å². The van der Waals surface area contributed by atoms with E-state index in [0.717, 1.165) is 0 Å². The topological polar surface area (TPSA) is 66.5 Å². The van der Waals surface area contributed by atoms with Gasteiger partial charge in [-0.05, 0) is 6.08 Å². The van der Waals surface area contributed by atoms with Gasteiger partial charge in [0, 0.05) is 12.1 Å². The van der Waals surface area contributed by atoms with E-state index in [9.17, 15) is 0 Å². The minimum absolute atomic E-state index is 0.00917. The highest BCUT2D eigenvalue weighted by Gasteiger charge is 1.97. The zero-order valence-electron chi connectivity index (χ0n) is 6.33. The molecule has 0 fully saturated rings. The summed E-state index contributed by atoms with van der Waals surface area (Å²) in [7, 11) is 0. The second-order valence-corrected chi connectivity index (χ2v) is 1.91. The van der Waals surface area contributed by atoms with Crippen molar-refractivity contribution in [3.63, 3.8) is 0 Å². The standard InChI is InChI=1S/C8H13NO2/c1-2-3-7(6-10)8(11)4-5-9/h2-4,10-11H,1,5-6,9H2/b7-3-,8-4-. The molecule has 0 aromatic rings. The highest BCUT2D eigenvalue weighted by atomic mass is 16.3. The normalized spacial score (nSPS) is 13.3. The summed E-state index contributed by atoms with van der Waals surface area (Å²) in [6, 6.07) is 0. The monoisotopic (exact) mass is 155 g/mol. The molecule has 0 aliphatic heterocycles. The van der Waals surface area contributed by atoms with Crippen molar-refractivity contribution in [2.24, 2.45) is 5.73 Å². The molecule has 0 saturated carbocycles. The second kappa shape index (κ2) is 5.70. The fourth-order valence-electron chi connectivity index (χ4n) is 0.604. The smallest absolute Gasteiger partial charge is 0.118 e. The molecule has 0 spiro atoms. The van der Waals surface area contributed by atoms with Gasteiger partial charge >= 0.3 is 0 Å². The first-order valence-electron chi connectivity index (χ1n) is 3.28. The molecule has 0 heterocycles. The van der Waals surface area contributed by atoms with Gasteiger partial charge in [0.25, 0.3) is 0 Å². The molecule has 0 amide bonds. The van der Waals surface area contributed by atoms with Crippen molar-refractivity contribution in [2.75, 3.05) is 13.2 Å². The van der Waals surface area contributed by atoms with Crippen LogP contribution in [0.4, 0.5) is 0 Å². The Balaban J connectivity index is 4.37. The lowest BCUT2D eigenvalue weighted by Gasteiger charge is -2.00. The van der Waals surface area contributed by atoms with Gasteiger partial charge in [-0.1, -0.05) is 18.7 Å². The maximum Gasteiger partial charge on any atom is 0.118 e. The Morgan fingerprint density at radius 2 is 2.18 bits per heavy atom. The molecule has 0 radical (unpaired) electrons. The van der Waals surface area contributed by atoms with E-state index in [-0.39, 0.29) is 18.9 Å². The molecule has 0 rings (SSSR count). The summed E-state index contributed by atoms with van der Waals surface area (Å²) in [4.78, 5) is 0. The third-order valence-electron chi connectivity index (χ3n) is 1.13. The van der Waals surface area contributed by atoms with E-state index in [1.165, 1.54) is 18.2 Å². The van der Waals surface area contributed by atoms with Crippen molar-refractivity contribution >= 4 is 0 Å². The summed E-state index contributed by atoms with van der Waals surface area (Å²) in [6.45, 7) is 3.47. The SMILES string of the molecule is C=C/C=C(CO)\C(O)=C\CN. The Morgan fingerprint density at radius 3 is 2.55 bits per heavy atom. The van der Waals surface area contributed by atoms with E-state index in [1.807, 2.05) is 0 Å². The highest BCUT2D eigenvalue weighted by Crippen LogP contribution is 2.04. The number of aliphatic hydroxyl groups excluding tert-OH is 2. The van der Waals surface area contributed by atoms with E-state index in [2.05, 4.69) is 6.58 Å². The van der Waals surface area contributed by atoms with E-state index >= 15 is 0 Å². The van der Waals surface area contributed by atoms with E-state index in [1.54, 1.807) is 0 Å². The van der Waals surface area contributed by atoms with E-state index in [4.69, 9.17) is 15.9 Å². The minimum atomic E-state index is -0.214. The van der Waals surface area contributed by atoms with Gasteiger partial charge in [-0.15, -0.1) is 0 Å². The lowest BCUT2D eigenvalue weighted by Crippen LogP contribution is -2.00. The largest absolute Gasteiger partial charge is 0.508 e. The zero-order chi connectivity index (χ0) is 8.69. The molecule has 11 heavy (non-hydrogen) atoms. The van der Waals surface area contributed by atoms with Crippen LogP contribution in [0.1, 0.15) is 0 Å². The summed E-state index contributed by atoms with van der Waals surface area (Å²) in [5.74, 6) is 0.00917. The maximum absolute atomic E-state index is 9.15. The van der Waals surface area contributed by atoms with Gasteiger partial charge in [0.05, 0.1) is 6.61 Å². The molecule has 4 N–H and O–H groups in total. The molecule has 62 valence electrons. The predicted molar refractivity (Wildman–Crippen MR) is 45.1 cm³/mol. The van der Waals surface area contributed by atoms with Crippen LogP contribution in [0.25, 0.3) is 0 Å². The highest BCUT2D eigenvalue weighted by molar-refractivity contribution is 5.28. The van der Waals surface area contributed by atoms with Gasteiger partial charge < -0.3 is 15.9 Å². The first kappa shape index (κ1) is 9.94. The molecular weight excluding hydrogens is 142 g/mol. The summed E-state index contributed by atoms with van der Waals surface area (Å²) in [5, 5.41) is 17.8. The average molecular weight is 155 g/mol. The number of allylic oxidation sites excluding steroid dienone is 2. The molecular formula is C8H13NO2. The molecule has 0 unspecified atom stereocenters. The molecule has 0 aromatic carbocycles. The van der Waals surface area contributed by atoms with Crippen LogP contribution in [-0.4, -0.2) is 23.4 Å². The van der Waals surface area contributed by atoms with E-state index < -0.39 is 0 Å². The Kier molecular flexibility index (Phi) is 5.15. The van der Waals surface area contributed by atoms with Crippen molar-refractivity contribution in [2.45, 2.75) is 0 Å². The molecule has 0 saturated heterocycles. The summed E-state index contributed by atoms with van der Waals surface area (Å²) >= 11 is 0. The van der Waals surface area contributed by atoms with Crippen LogP contribution in [0.3, 0.4) is 0 Å². The fourth-order valence-corrected chi connectivity index (χ4v) is 0.604. The van der Waals surface area contributed by atoms with Gasteiger partial charge in [-0.3, -0.25) is 0 Å². The quantitative estimate of drug-likeness (QED) is 0.409. The van der Waals surface area contributed by atoms with Crippen LogP contribution in [0.2, 0.25) is 0 Å². The van der Waals surface area contributed by atoms with Crippen molar-refractivity contribution in [1.82, 2.24) is 0 Å². The van der Waals surface area contributed by atoms with Gasteiger partial charge in [0.2, 0.25) is 0 Å². The summed E-state index contributed by atoms with van der Waals surface area (Å²) < 4.78 is 0. The van der Waals surface area contributed by atoms with Crippen molar-refractivity contribution in [3.05, 3.63) is 36.1 Å². The van der Waals surface area contributed by atoms with Crippen molar-refractivity contribution < 1.29 is 10.2 Å². The Bertz CT molecular complexity index is 183. The van der Waals surface area contributed by atoms with Crippen LogP contribution < -0.4 is 5.73 Å².